The first-order valence-electron chi connectivity index (χ1n) is 6.21. The third kappa shape index (κ3) is 3.37. The summed E-state index contributed by atoms with van der Waals surface area (Å²) in [6.07, 6.45) is 0. The van der Waals surface area contributed by atoms with Gasteiger partial charge in [0.05, 0.1) is 7.11 Å². The number of hydrogen-bond acceptors (Lipinski definition) is 3. The van der Waals surface area contributed by atoms with Crippen LogP contribution in [0, 0.1) is 6.92 Å². The smallest absolute Gasteiger partial charge is 0.244 e. The van der Waals surface area contributed by atoms with E-state index in [0.717, 1.165) is 11.1 Å². The van der Waals surface area contributed by atoms with E-state index >= 15 is 0 Å². The quantitative estimate of drug-likeness (QED) is 0.920. The van der Waals surface area contributed by atoms with Crippen LogP contribution in [0.4, 0.5) is 0 Å². The van der Waals surface area contributed by atoms with E-state index in [-0.39, 0.29) is 11.4 Å². The van der Waals surface area contributed by atoms with Crippen molar-refractivity contribution in [3.63, 3.8) is 0 Å². The molecule has 0 amide bonds. The number of nitrogens with one attached hydrogen (secondary N) is 1. The molecule has 1 N–H and O–H groups in total. The Hall–Kier alpha value is -1.85. The summed E-state index contributed by atoms with van der Waals surface area (Å²) in [5.74, 6) is 0.352. The number of hydrogen-bond donors (Lipinski definition) is 1. The summed E-state index contributed by atoms with van der Waals surface area (Å²) in [7, 11) is -2.13. The summed E-state index contributed by atoms with van der Waals surface area (Å²) in [6, 6.07) is 14.4. The van der Waals surface area contributed by atoms with Crippen molar-refractivity contribution < 1.29 is 13.2 Å². The van der Waals surface area contributed by atoms with Gasteiger partial charge in [-0.1, -0.05) is 36.4 Å². The third-order valence-corrected chi connectivity index (χ3v) is 4.36. The van der Waals surface area contributed by atoms with Crippen LogP contribution in [-0.4, -0.2) is 15.5 Å². The third-order valence-electron chi connectivity index (χ3n) is 2.92. The molecule has 0 aliphatic carbocycles. The molecule has 2 aromatic rings. The molecule has 0 atom stereocenters. The predicted molar refractivity (Wildman–Crippen MR) is 78.2 cm³/mol. The van der Waals surface area contributed by atoms with E-state index in [4.69, 9.17) is 4.74 Å². The molecule has 0 aliphatic heterocycles. The maximum Gasteiger partial charge on any atom is 0.244 e. The van der Waals surface area contributed by atoms with Gasteiger partial charge in [-0.15, -0.1) is 0 Å². The number of methoxy groups -OCH3 is 1. The zero-order valence-electron chi connectivity index (χ0n) is 11.5. The van der Waals surface area contributed by atoms with E-state index in [9.17, 15) is 8.42 Å². The van der Waals surface area contributed by atoms with Crippen LogP contribution < -0.4 is 9.46 Å². The molecular weight excluding hydrogens is 274 g/mol. The van der Waals surface area contributed by atoms with Gasteiger partial charge in [-0.05, 0) is 30.2 Å². The SMILES string of the molecule is COc1cc(C)ccc1S(=O)(=O)NCc1ccccc1. The molecule has 2 rings (SSSR count). The van der Waals surface area contributed by atoms with Crippen molar-refractivity contribution in [2.75, 3.05) is 7.11 Å². The van der Waals surface area contributed by atoms with Gasteiger partial charge in [-0.25, -0.2) is 13.1 Å². The second-order valence-corrected chi connectivity index (χ2v) is 6.20. The Balaban J connectivity index is 2.22. The fraction of sp³-hybridized carbons (Fsp3) is 0.200. The van der Waals surface area contributed by atoms with Crippen molar-refractivity contribution in [1.82, 2.24) is 4.72 Å². The molecule has 0 heterocycles. The fourth-order valence-corrected chi connectivity index (χ4v) is 3.02. The molecule has 5 heteroatoms. The fourth-order valence-electron chi connectivity index (χ4n) is 1.85. The Morgan fingerprint density at radius 3 is 2.45 bits per heavy atom. The molecule has 0 radical (unpaired) electrons. The van der Waals surface area contributed by atoms with Gasteiger partial charge in [0.1, 0.15) is 10.6 Å². The largest absolute Gasteiger partial charge is 0.495 e. The number of ether oxygens (including phenoxy) is 1. The highest BCUT2D eigenvalue weighted by Gasteiger charge is 2.18. The number of rotatable bonds is 5. The van der Waals surface area contributed by atoms with Gasteiger partial charge in [-0.3, -0.25) is 0 Å². The summed E-state index contributed by atoms with van der Waals surface area (Å²) < 4.78 is 32.3. The molecule has 0 fully saturated rings. The van der Waals surface area contributed by atoms with Crippen LogP contribution in [0.25, 0.3) is 0 Å². The molecule has 106 valence electrons. The summed E-state index contributed by atoms with van der Waals surface area (Å²) in [5.41, 5.74) is 1.85. The predicted octanol–water partition coefficient (Wildman–Crippen LogP) is 2.48. The van der Waals surface area contributed by atoms with E-state index in [1.54, 1.807) is 18.2 Å². The van der Waals surface area contributed by atoms with Crippen LogP contribution in [0.1, 0.15) is 11.1 Å². The lowest BCUT2D eigenvalue weighted by atomic mass is 10.2. The lowest BCUT2D eigenvalue weighted by Gasteiger charge is -2.11. The van der Waals surface area contributed by atoms with Crippen LogP contribution in [0.2, 0.25) is 0 Å². The Kier molecular flexibility index (Phi) is 4.42. The average Bonchev–Trinajstić information content (AvgIpc) is 2.46. The van der Waals surface area contributed by atoms with Crippen LogP contribution in [-0.2, 0) is 16.6 Å². The van der Waals surface area contributed by atoms with Crippen molar-refractivity contribution >= 4 is 10.0 Å². The Bertz CT molecular complexity index is 682. The molecule has 0 unspecified atom stereocenters. The molecule has 0 aromatic heterocycles. The molecule has 20 heavy (non-hydrogen) atoms. The van der Waals surface area contributed by atoms with Gasteiger partial charge in [0.15, 0.2) is 0 Å². The topological polar surface area (TPSA) is 55.4 Å². The first kappa shape index (κ1) is 14.6. The van der Waals surface area contributed by atoms with E-state index < -0.39 is 10.0 Å². The summed E-state index contributed by atoms with van der Waals surface area (Å²) >= 11 is 0. The molecule has 0 saturated carbocycles. The second kappa shape index (κ2) is 6.07. The highest BCUT2D eigenvalue weighted by atomic mass is 32.2. The maximum absolute atomic E-state index is 12.3. The average molecular weight is 291 g/mol. The molecule has 0 spiro atoms. The highest BCUT2D eigenvalue weighted by molar-refractivity contribution is 7.89. The lowest BCUT2D eigenvalue weighted by Crippen LogP contribution is -2.23. The number of benzene rings is 2. The summed E-state index contributed by atoms with van der Waals surface area (Å²) in [5, 5.41) is 0. The van der Waals surface area contributed by atoms with Gasteiger partial charge in [0.25, 0.3) is 0 Å². The monoisotopic (exact) mass is 291 g/mol. The van der Waals surface area contributed by atoms with E-state index in [1.807, 2.05) is 37.3 Å². The van der Waals surface area contributed by atoms with Crippen molar-refractivity contribution in [3.8, 4) is 5.75 Å². The van der Waals surface area contributed by atoms with E-state index in [1.165, 1.54) is 7.11 Å². The summed E-state index contributed by atoms with van der Waals surface area (Å²) in [6.45, 7) is 2.14. The van der Waals surface area contributed by atoms with E-state index in [0.29, 0.717) is 5.75 Å². The first-order valence-corrected chi connectivity index (χ1v) is 7.69. The molecular formula is C15H17NO3S. The molecule has 4 nitrogen and oxygen atoms in total. The number of aryl methyl sites for hydroxylation is 1. The van der Waals surface area contributed by atoms with Gasteiger partial charge in [0, 0.05) is 6.54 Å². The van der Waals surface area contributed by atoms with Crippen LogP contribution in [0.15, 0.2) is 53.4 Å². The Labute approximate surface area is 119 Å². The normalized spacial score (nSPS) is 11.3. The minimum Gasteiger partial charge on any atom is -0.495 e. The Morgan fingerprint density at radius 2 is 1.80 bits per heavy atom. The van der Waals surface area contributed by atoms with Crippen molar-refractivity contribution in [1.29, 1.82) is 0 Å². The second-order valence-electron chi connectivity index (χ2n) is 4.46. The van der Waals surface area contributed by atoms with Crippen molar-refractivity contribution in [3.05, 3.63) is 59.7 Å². The molecule has 0 aliphatic rings. The highest BCUT2D eigenvalue weighted by Crippen LogP contribution is 2.24. The summed E-state index contributed by atoms with van der Waals surface area (Å²) in [4.78, 5) is 0.154. The minimum absolute atomic E-state index is 0.154. The van der Waals surface area contributed by atoms with Crippen LogP contribution in [0.3, 0.4) is 0 Å². The van der Waals surface area contributed by atoms with E-state index in [2.05, 4.69) is 4.72 Å². The lowest BCUT2D eigenvalue weighted by molar-refractivity contribution is 0.402. The Morgan fingerprint density at radius 1 is 1.10 bits per heavy atom. The minimum atomic E-state index is -3.59. The van der Waals surface area contributed by atoms with Gasteiger partial charge in [-0.2, -0.15) is 0 Å². The van der Waals surface area contributed by atoms with Crippen molar-refractivity contribution in [2.45, 2.75) is 18.4 Å². The first-order chi connectivity index (χ1) is 9.53. The van der Waals surface area contributed by atoms with Gasteiger partial charge < -0.3 is 4.74 Å². The van der Waals surface area contributed by atoms with Crippen LogP contribution in [0.5, 0.6) is 5.75 Å². The molecule has 0 saturated heterocycles. The maximum atomic E-state index is 12.3. The standard InChI is InChI=1S/C15H17NO3S/c1-12-8-9-15(14(10-12)19-2)20(17,18)16-11-13-6-4-3-5-7-13/h3-10,16H,11H2,1-2H3. The molecule has 0 bridgehead atoms. The zero-order valence-corrected chi connectivity index (χ0v) is 12.3. The van der Waals surface area contributed by atoms with Gasteiger partial charge >= 0.3 is 0 Å². The van der Waals surface area contributed by atoms with Gasteiger partial charge in [0.2, 0.25) is 10.0 Å². The zero-order chi connectivity index (χ0) is 14.6. The van der Waals surface area contributed by atoms with Crippen molar-refractivity contribution in [2.24, 2.45) is 0 Å². The molecule has 2 aromatic carbocycles. The van der Waals surface area contributed by atoms with Crippen LogP contribution >= 0.6 is 0 Å². The number of sulfonamides is 1.